The number of methoxy groups -OCH3 is 1. The molecule has 0 saturated carbocycles. The summed E-state index contributed by atoms with van der Waals surface area (Å²) in [4.78, 5) is 34.2. The molecule has 9 heteroatoms. The first-order valence-electron chi connectivity index (χ1n) is 8.78. The van der Waals surface area contributed by atoms with E-state index in [1.54, 1.807) is 14.2 Å². The number of urea groups is 1. The van der Waals surface area contributed by atoms with E-state index in [1.807, 2.05) is 47.2 Å². The number of allylic oxidation sites excluding steroid dienone is 1. The minimum absolute atomic E-state index is 0.320. The van der Waals surface area contributed by atoms with Gasteiger partial charge < -0.3 is 24.8 Å². The molecule has 27 heavy (non-hydrogen) atoms. The third kappa shape index (κ3) is 2.75. The van der Waals surface area contributed by atoms with Crippen molar-refractivity contribution in [3.8, 4) is 5.75 Å². The number of nitrogens with zero attached hydrogens (tertiary/aromatic N) is 4. The molecular formula is C18H22N6O3. The van der Waals surface area contributed by atoms with E-state index in [1.165, 1.54) is 4.90 Å². The largest absolute Gasteiger partial charge is 0.495 e. The van der Waals surface area contributed by atoms with Crippen LogP contribution in [0.1, 0.15) is 6.92 Å². The number of likely N-dealkylation sites (N-methyl/N-ethyl adjacent to an activating group) is 1. The Balaban J connectivity index is 1.47. The van der Waals surface area contributed by atoms with Crippen molar-refractivity contribution in [3.05, 3.63) is 36.2 Å². The Morgan fingerprint density at radius 2 is 2.07 bits per heavy atom. The standard InChI is InChI=1S/C18H22N6O3/c1-11-10-24-14-15(22(2)18(26)21-16(14)25)20-17(24)23(11)9-8-19-12-6-4-5-7-13(12)27-3/h4-7,10,14-15,19H,8-9H2,1-3H3,(H,21,25,26). The molecule has 2 atom stereocenters. The lowest BCUT2D eigenvalue weighted by Crippen LogP contribution is -2.62. The van der Waals surface area contributed by atoms with Crippen molar-refractivity contribution in [2.24, 2.45) is 4.99 Å². The van der Waals surface area contributed by atoms with Crippen LogP contribution in [0.5, 0.6) is 5.75 Å². The second-order valence-corrected chi connectivity index (χ2v) is 6.65. The predicted octanol–water partition coefficient (Wildman–Crippen LogP) is 0.832. The first-order chi connectivity index (χ1) is 13.0. The Labute approximate surface area is 157 Å². The van der Waals surface area contributed by atoms with E-state index in [9.17, 15) is 9.59 Å². The molecular weight excluding hydrogens is 348 g/mol. The van der Waals surface area contributed by atoms with Crippen LogP contribution in [0.3, 0.4) is 0 Å². The Morgan fingerprint density at radius 3 is 2.85 bits per heavy atom. The Bertz CT molecular complexity index is 851. The summed E-state index contributed by atoms with van der Waals surface area (Å²) in [6, 6.07) is 6.80. The fraction of sp³-hybridized carbons (Fsp3) is 0.389. The number of benzene rings is 1. The number of imide groups is 1. The summed E-state index contributed by atoms with van der Waals surface area (Å²) in [6.07, 6.45) is 1.41. The van der Waals surface area contributed by atoms with Crippen LogP contribution in [-0.4, -0.2) is 72.1 Å². The minimum atomic E-state index is -0.523. The van der Waals surface area contributed by atoms with Gasteiger partial charge in [0.05, 0.1) is 12.8 Å². The van der Waals surface area contributed by atoms with Gasteiger partial charge in [-0.3, -0.25) is 10.1 Å². The zero-order chi connectivity index (χ0) is 19.1. The van der Waals surface area contributed by atoms with Gasteiger partial charge in [-0.2, -0.15) is 0 Å². The minimum Gasteiger partial charge on any atom is -0.495 e. The summed E-state index contributed by atoms with van der Waals surface area (Å²) in [5, 5.41) is 5.75. The highest BCUT2D eigenvalue weighted by atomic mass is 16.5. The molecule has 0 bridgehead atoms. The van der Waals surface area contributed by atoms with E-state index in [4.69, 9.17) is 4.74 Å². The smallest absolute Gasteiger partial charge is 0.325 e. The summed E-state index contributed by atoms with van der Waals surface area (Å²) in [6.45, 7) is 3.30. The number of carbonyl (C=O) groups is 2. The molecule has 3 aliphatic heterocycles. The quantitative estimate of drug-likeness (QED) is 0.798. The summed E-state index contributed by atoms with van der Waals surface area (Å²) < 4.78 is 5.35. The summed E-state index contributed by atoms with van der Waals surface area (Å²) in [5.41, 5.74) is 1.92. The highest BCUT2D eigenvalue weighted by Crippen LogP contribution is 2.31. The average molecular weight is 370 g/mol. The lowest BCUT2D eigenvalue weighted by Gasteiger charge is -2.34. The fourth-order valence-corrected chi connectivity index (χ4v) is 3.62. The number of hydrogen-bond donors (Lipinski definition) is 2. The van der Waals surface area contributed by atoms with Gasteiger partial charge in [0.2, 0.25) is 5.96 Å². The number of para-hydroxylation sites is 2. The lowest BCUT2D eigenvalue weighted by molar-refractivity contribution is -0.126. The predicted molar refractivity (Wildman–Crippen MR) is 100 cm³/mol. The van der Waals surface area contributed by atoms with Crippen LogP contribution in [0.15, 0.2) is 41.2 Å². The SMILES string of the molecule is COc1ccccc1NCCN1C(C)=CN2C1=NC1C2C(=O)NC(=O)N1C. The first kappa shape index (κ1) is 17.2. The zero-order valence-corrected chi connectivity index (χ0v) is 15.5. The van der Waals surface area contributed by atoms with Gasteiger partial charge in [0.25, 0.3) is 5.91 Å². The maximum Gasteiger partial charge on any atom is 0.325 e. The fourth-order valence-electron chi connectivity index (χ4n) is 3.62. The number of amides is 3. The molecule has 3 aliphatic rings. The van der Waals surface area contributed by atoms with Crippen LogP contribution >= 0.6 is 0 Å². The number of anilines is 1. The van der Waals surface area contributed by atoms with Crippen molar-refractivity contribution >= 4 is 23.6 Å². The van der Waals surface area contributed by atoms with E-state index in [2.05, 4.69) is 15.6 Å². The van der Waals surface area contributed by atoms with Gasteiger partial charge in [0.1, 0.15) is 5.75 Å². The van der Waals surface area contributed by atoms with Crippen molar-refractivity contribution in [1.29, 1.82) is 0 Å². The monoisotopic (exact) mass is 370 g/mol. The van der Waals surface area contributed by atoms with Crippen LogP contribution < -0.4 is 15.4 Å². The first-order valence-corrected chi connectivity index (χ1v) is 8.78. The van der Waals surface area contributed by atoms with Gasteiger partial charge in [-0.15, -0.1) is 0 Å². The third-order valence-electron chi connectivity index (χ3n) is 5.03. The van der Waals surface area contributed by atoms with Crippen LogP contribution in [0, 0.1) is 0 Å². The van der Waals surface area contributed by atoms with Crippen LogP contribution in [0.4, 0.5) is 10.5 Å². The van der Waals surface area contributed by atoms with Crippen molar-refractivity contribution in [3.63, 3.8) is 0 Å². The molecule has 3 amide bonds. The molecule has 2 N–H and O–H groups in total. The van der Waals surface area contributed by atoms with E-state index >= 15 is 0 Å². The highest BCUT2D eigenvalue weighted by molar-refractivity contribution is 6.04. The second kappa shape index (κ2) is 6.49. The molecule has 142 valence electrons. The van der Waals surface area contributed by atoms with Gasteiger partial charge in [-0.05, 0) is 19.1 Å². The maximum absolute atomic E-state index is 12.3. The summed E-state index contributed by atoms with van der Waals surface area (Å²) in [5.74, 6) is 1.16. The molecule has 9 nitrogen and oxygen atoms in total. The third-order valence-corrected chi connectivity index (χ3v) is 5.03. The number of hydrogen-bond acceptors (Lipinski definition) is 7. The Hall–Kier alpha value is -3.23. The lowest BCUT2D eigenvalue weighted by atomic mass is 10.1. The second-order valence-electron chi connectivity index (χ2n) is 6.65. The van der Waals surface area contributed by atoms with Gasteiger partial charge in [0, 0.05) is 32.0 Å². The van der Waals surface area contributed by atoms with E-state index < -0.39 is 18.2 Å². The summed E-state index contributed by atoms with van der Waals surface area (Å²) in [7, 11) is 3.29. The number of nitrogens with one attached hydrogen (secondary N) is 2. The number of carbonyl (C=O) groups excluding carboxylic acids is 2. The molecule has 1 saturated heterocycles. The van der Waals surface area contributed by atoms with E-state index in [0.29, 0.717) is 19.0 Å². The van der Waals surface area contributed by atoms with Gasteiger partial charge in [-0.25, -0.2) is 9.79 Å². The molecule has 0 aliphatic carbocycles. The molecule has 4 rings (SSSR count). The molecule has 1 fully saturated rings. The van der Waals surface area contributed by atoms with E-state index in [0.717, 1.165) is 17.1 Å². The van der Waals surface area contributed by atoms with Crippen molar-refractivity contribution in [2.45, 2.75) is 19.1 Å². The molecule has 0 spiro atoms. The Kier molecular flexibility index (Phi) is 4.14. The number of ether oxygens (including phenoxy) is 1. The summed E-state index contributed by atoms with van der Waals surface area (Å²) >= 11 is 0. The van der Waals surface area contributed by atoms with Crippen molar-refractivity contribution in [2.75, 3.05) is 32.6 Å². The van der Waals surface area contributed by atoms with Gasteiger partial charge in [-0.1, -0.05) is 12.1 Å². The highest BCUT2D eigenvalue weighted by Gasteiger charge is 2.51. The Morgan fingerprint density at radius 1 is 1.30 bits per heavy atom. The molecule has 1 aromatic carbocycles. The van der Waals surface area contributed by atoms with Gasteiger partial charge >= 0.3 is 6.03 Å². The molecule has 0 radical (unpaired) electrons. The van der Waals surface area contributed by atoms with Crippen molar-refractivity contribution in [1.82, 2.24) is 20.0 Å². The maximum atomic E-state index is 12.3. The molecule has 1 aromatic rings. The molecule has 2 unspecified atom stereocenters. The van der Waals surface area contributed by atoms with Crippen LogP contribution in [0.25, 0.3) is 0 Å². The number of fused-ring (bicyclic) bond motifs is 3. The topological polar surface area (TPSA) is 89.5 Å². The normalized spacial score (nSPS) is 23.6. The van der Waals surface area contributed by atoms with Crippen LogP contribution in [0.2, 0.25) is 0 Å². The number of guanidine groups is 1. The van der Waals surface area contributed by atoms with Crippen molar-refractivity contribution < 1.29 is 14.3 Å². The average Bonchev–Trinajstić information content (AvgIpc) is 3.16. The number of aliphatic imine (C=N–C) groups is 1. The number of rotatable bonds is 5. The van der Waals surface area contributed by atoms with E-state index in [-0.39, 0.29) is 5.91 Å². The zero-order valence-electron chi connectivity index (χ0n) is 15.5. The molecule has 3 heterocycles. The van der Waals surface area contributed by atoms with Gasteiger partial charge in [0.15, 0.2) is 12.2 Å². The van der Waals surface area contributed by atoms with Crippen LogP contribution in [-0.2, 0) is 4.79 Å². The molecule has 0 aromatic heterocycles.